The topological polar surface area (TPSA) is 69.6 Å². The SMILES string of the molecule is CCCNC(=O)CCc1ccc(O)c(O)c1. The van der Waals surface area contributed by atoms with E-state index in [-0.39, 0.29) is 17.4 Å². The van der Waals surface area contributed by atoms with Gasteiger partial charge in [0.1, 0.15) is 0 Å². The molecule has 4 heteroatoms. The third-order valence-electron chi connectivity index (χ3n) is 2.25. The Morgan fingerprint density at radius 1 is 1.31 bits per heavy atom. The van der Waals surface area contributed by atoms with E-state index in [4.69, 9.17) is 5.11 Å². The molecular formula is C12H17NO3. The van der Waals surface area contributed by atoms with Crippen LogP contribution >= 0.6 is 0 Å². The van der Waals surface area contributed by atoms with Crippen molar-refractivity contribution in [1.82, 2.24) is 5.32 Å². The Labute approximate surface area is 94.9 Å². The van der Waals surface area contributed by atoms with Gasteiger partial charge in [0.25, 0.3) is 0 Å². The molecule has 0 atom stereocenters. The van der Waals surface area contributed by atoms with E-state index in [9.17, 15) is 9.90 Å². The second kappa shape index (κ2) is 6.00. The Balaban J connectivity index is 2.42. The number of carbonyl (C=O) groups excluding carboxylic acids is 1. The number of hydrogen-bond donors (Lipinski definition) is 3. The van der Waals surface area contributed by atoms with Crippen LogP contribution < -0.4 is 5.32 Å². The van der Waals surface area contributed by atoms with Gasteiger partial charge in [-0.05, 0) is 30.5 Å². The van der Waals surface area contributed by atoms with Crippen molar-refractivity contribution < 1.29 is 15.0 Å². The zero-order chi connectivity index (χ0) is 12.0. The molecule has 1 aromatic carbocycles. The van der Waals surface area contributed by atoms with E-state index in [1.165, 1.54) is 12.1 Å². The molecule has 0 radical (unpaired) electrons. The molecule has 0 fully saturated rings. The number of hydrogen-bond acceptors (Lipinski definition) is 3. The highest BCUT2D eigenvalue weighted by molar-refractivity contribution is 5.76. The van der Waals surface area contributed by atoms with Gasteiger partial charge in [0.2, 0.25) is 5.91 Å². The van der Waals surface area contributed by atoms with Gasteiger partial charge in [-0.15, -0.1) is 0 Å². The molecule has 0 unspecified atom stereocenters. The fourth-order valence-electron chi connectivity index (χ4n) is 1.34. The van der Waals surface area contributed by atoms with E-state index >= 15 is 0 Å². The molecule has 1 aromatic rings. The summed E-state index contributed by atoms with van der Waals surface area (Å²) in [5, 5.41) is 21.1. The van der Waals surface area contributed by atoms with Gasteiger partial charge in [0.05, 0.1) is 0 Å². The zero-order valence-corrected chi connectivity index (χ0v) is 9.36. The van der Waals surface area contributed by atoms with E-state index in [1.807, 2.05) is 6.92 Å². The number of phenolic OH excluding ortho intramolecular Hbond substituents is 2. The number of aromatic hydroxyl groups is 2. The highest BCUT2D eigenvalue weighted by Gasteiger charge is 2.04. The summed E-state index contributed by atoms with van der Waals surface area (Å²) in [4.78, 5) is 11.3. The Bertz CT molecular complexity index is 363. The summed E-state index contributed by atoms with van der Waals surface area (Å²) >= 11 is 0. The van der Waals surface area contributed by atoms with Gasteiger partial charge in [0.15, 0.2) is 11.5 Å². The molecule has 0 bridgehead atoms. The molecule has 16 heavy (non-hydrogen) atoms. The Morgan fingerprint density at radius 3 is 2.69 bits per heavy atom. The summed E-state index contributed by atoms with van der Waals surface area (Å²) in [6.45, 7) is 2.69. The first-order chi connectivity index (χ1) is 7.63. The summed E-state index contributed by atoms with van der Waals surface area (Å²) in [6, 6.07) is 4.60. The molecule has 0 aromatic heterocycles. The van der Waals surface area contributed by atoms with Crippen LogP contribution in [0.2, 0.25) is 0 Å². The maximum Gasteiger partial charge on any atom is 0.220 e. The molecule has 0 saturated heterocycles. The second-order valence-corrected chi connectivity index (χ2v) is 3.67. The summed E-state index contributed by atoms with van der Waals surface area (Å²) in [5.41, 5.74) is 0.835. The van der Waals surface area contributed by atoms with Crippen molar-refractivity contribution in [2.24, 2.45) is 0 Å². The molecule has 3 N–H and O–H groups in total. The monoisotopic (exact) mass is 223 g/mol. The van der Waals surface area contributed by atoms with Crippen molar-refractivity contribution in [1.29, 1.82) is 0 Å². The number of aryl methyl sites for hydroxylation is 1. The normalized spacial score (nSPS) is 10.1. The maximum absolute atomic E-state index is 11.3. The van der Waals surface area contributed by atoms with Crippen LogP contribution in [0.25, 0.3) is 0 Å². The number of rotatable bonds is 5. The quantitative estimate of drug-likeness (QED) is 0.663. The smallest absolute Gasteiger partial charge is 0.220 e. The van der Waals surface area contributed by atoms with Crippen molar-refractivity contribution in [2.75, 3.05) is 6.54 Å². The maximum atomic E-state index is 11.3. The first-order valence-electron chi connectivity index (χ1n) is 5.41. The minimum absolute atomic E-state index is 0.00872. The largest absolute Gasteiger partial charge is 0.504 e. The molecule has 0 aliphatic rings. The van der Waals surface area contributed by atoms with Gasteiger partial charge >= 0.3 is 0 Å². The van der Waals surface area contributed by atoms with E-state index in [0.29, 0.717) is 19.4 Å². The van der Waals surface area contributed by atoms with E-state index in [1.54, 1.807) is 6.07 Å². The van der Waals surface area contributed by atoms with Gasteiger partial charge in [-0.1, -0.05) is 13.0 Å². The minimum atomic E-state index is -0.147. The number of phenols is 2. The van der Waals surface area contributed by atoms with Gasteiger partial charge in [-0.3, -0.25) is 4.79 Å². The number of amides is 1. The Kier molecular flexibility index (Phi) is 4.64. The van der Waals surface area contributed by atoms with E-state index < -0.39 is 0 Å². The van der Waals surface area contributed by atoms with E-state index in [0.717, 1.165) is 12.0 Å². The first kappa shape index (κ1) is 12.4. The van der Waals surface area contributed by atoms with Crippen LogP contribution in [0.3, 0.4) is 0 Å². The van der Waals surface area contributed by atoms with Crippen molar-refractivity contribution in [3.05, 3.63) is 23.8 Å². The average molecular weight is 223 g/mol. The molecule has 88 valence electrons. The Hall–Kier alpha value is -1.71. The van der Waals surface area contributed by atoms with Gasteiger partial charge in [-0.25, -0.2) is 0 Å². The lowest BCUT2D eigenvalue weighted by Gasteiger charge is -2.04. The van der Waals surface area contributed by atoms with Crippen LogP contribution in [0.15, 0.2) is 18.2 Å². The second-order valence-electron chi connectivity index (χ2n) is 3.67. The third-order valence-corrected chi connectivity index (χ3v) is 2.25. The number of benzene rings is 1. The molecule has 0 heterocycles. The van der Waals surface area contributed by atoms with Crippen molar-refractivity contribution in [3.8, 4) is 11.5 Å². The average Bonchev–Trinajstić information content (AvgIpc) is 2.28. The number of nitrogens with one attached hydrogen (secondary N) is 1. The van der Waals surface area contributed by atoms with Crippen molar-refractivity contribution in [3.63, 3.8) is 0 Å². The molecular weight excluding hydrogens is 206 g/mol. The minimum Gasteiger partial charge on any atom is -0.504 e. The molecule has 0 aliphatic carbocycles. The summed E-state index contributed by atoms with van der Waals surface area (Å²) in [7, 11) is 0. The van der Waals surface area contributed by atoms with Gasteiger partial charge in [-0.2, -0.15) is 0 Å². The summed E-state index contributed by atoms with van der Waals surface area (Å²) < 4.78 is 0. The fraction of sp³-hybridized carbons (Fsp3) is 0.417. The van der Waals surface area contributed by atoms with Gasteiger partial charge < -0.3 is 15.5 Å². The van der Waals surface area contributed by atoms with Crippen LogP contribution in [0.1, 0.15) is 25.3 Å². The third kappa shape index (κ3) is 3.81. The van der Waals surface area contributed by atoms with Gasteiger partial charge in [0, 0.05) is 13.0 Å². The highest BCUT2D eigenvalue weighted by atomic mass is 16.3. The van der Waals surface area contributed by atoms with Crippen LogP contribution in [-0.2, 0) is 11.2 Å². The van der Waals surface area contributed by atoms with Crippen LogP contribution in [0, 0.1) is 0 Å². The number of carbonyl (C=O) groups is 1. The highest BCUT2D eigenvalue weighted by Crippen LogP contribution is 2.25. The van der Waals surface area contributed by atoms with E-state index in [2.05, 4.69) is 5.32 Å². The van der Waals surface area contributed by atoms with Crippen molar-refractivity contribution >= 4 is 5.91 Å². The molecule has 1 amide bonds. The van der Waals surface area contributed by atoms with Crippen LogP contribution in [0.5, 0.6) is 11.5 Å². The lowest BCUT2D eigenvalue weighted by atomic mass is 10.1. The van der Waals surface area contributed by atoms with Crippen molar-refractivity contribution in [2.45, 2.75) is 26.2 Å². The van der Waals surface area contributed by atoms with Crippen LogP contribution in [0.4, 0.5) is 0 Å². The Morgan fingerprint density at radius 2 is 2.06 bits per heavy atom. The zero-order valence-electron chi connectivity index (χ0n) is 9.36. The van der Waals surface area contributed by atoms with Crippen LogP contribution in [-0.4, -0.2) is 22.7 Å². The standard InChI is InChI=1S/C12H17NO3/c1-2-7-13-12(16)6-4-9-3-5-10(14)11(15)8-9/h3,5,8,14-15H,2,4,6-7H2,1H3,(H,13,16). The summed E-state index contributed by atoms with van der Waals surface area (Å²) in [6.07, 6.45) is 1.87. The molecule has 0 spiro atoms. The predicted molar refractivity (Wildman–Crippen MR) is 61.4 cm³/mol. The molecule has 0 saturated carbocycles. The predicted octanol–water partition coefficient (Wildman–Crippen LogP) is 1.56. The molecule has 4 nitrogen and oxygen atoms in total. The first-order valence-corrected chi connectivity index (χ1v) is 5.41. The molecule has 1 rings (SSSR count). The molecule has 0 aliphatic heterocycles. The lowest BCUT2D eigenvalue weighted by molar-refractivity contribution is -0.121. The summed E-state index contributed by atoms with van der Waals surface area (Å²) in [5.74, 6) is -0.278. The lowest BCUT2D eigenvalue weighted by Crippen LogP contribution is -2.24. The fourth-order valence-corrected chi connectivity index (χ4v) is 1.34.